The quantitative estimate of drug-likeness (QED) is 0.212. The molecule has 1 rings (SSSR count). The third kappa shape index (κ3) is 5.97. The van der Waals surface area contributed by atoms with Gasteiger partial charge in [0.05, 0.1) is 6.26 Å². The molecule has 0 aliphatic rings. The summed E-state index contributed by atoms with van der Waals surface area (Å²) in [6.07, 6.45) is 5.18. The molecule has 1 atom stereocenters. The van der Waals surface area contributed by atoms with E-state index in [9.17, 15) is 0 Å². The van der Waals surface area contributed by atoms with Crippen molar-refractivity contribution in [3.8, 4) is 0 Å². The van der Waals surface area contributed by atoms with Gasteiger partial charge in [0.15, 0.2) is 0 Å². The number of aryl methyl sites for hydroxylation is 1. The summed E-state index contributed by atoms with van der Waals surface area (Å²) >= 11 is 0. The molecule has 0 amide bonds. The van der Waals surface area contributed by atoms with Crippen molar-refractivity contribution in [2.75, 3.05) is 6.54 Å². The van der Waals surface area contributed by atoms with Gasteiger partial charge in [-0.05, 0) is 38.4 Å². The first-order chi connectivity index (χ1) is 8.22. The van der Waals surface area contributed by atoms with E-state index >= 15 is 0 Å². The lowest BCUT2D eigenvalue weighted by Crippen LogP contribution is -2.28. The average Bonchev–Trinajstić information content (AvgIpc) is 2.84. The van der Waals surface area contributed by atoms with Crippen molar-refractivity contribution in [1.82, 2.24) is 5.32 Å². The summed E-state index contributed by atoms with van der Waals surface area (Å²) in [5.74, 6) is 1.31. The largest absolute Gasteiger partial charge is 0.469 e. The van der Waals surface area contributed by atoms with Crippen LogP contribution < -0.4 is 11.1 Å². The zero-order valence-corrected chi connectivity index (χ0v) is 10.2. The fourth-order valence-electron chi connectivity index (χ4n) is 1.58. The van der Waals surface area contributed by atoms with Crippen molar-refractivity contribution < 1.29 is 9.62 Å². The molecule has 5 nitrogen and oxygen atoms in total. The van der Waals surface area contributed by atoms with Gasteiger partial charge in [0.25, 0.3) is 0 Å². The number of oxime groups is 1. The van der Waals surface area contributed by atoms with Crippen LogP contribution in [-0.4, -0.2) is 23.6 Å². The number of furan rings is 1. The van der Waals surface area contributed by atoms with Gasteiger partial charge in [0, 0.05) is 18.9 Å². The molecular weight excluding hydrogens is 218 g/mol. The van der Waals surface area contributed by atoms with E-state index in [0.29, 0.717) is 12.5 Å². The van der Waals surface area contributed by atoms with Gasteiger partial charge in [-0.3, -0.25) is 0 Å². The summed E-state index contributed by atoms with van der Waals surface area (Å²) in [5, 5.41) is 14.7. The minimum atomic E-state index is 0.287. The summed E-state index contributed by atoms with van der Waals surface area (Å²) in [6, 6.07) is 4.34. The highest BCUT2D eigenvalue weighted by atomic mass is 16.4. The maximum Gasteiger partial charge on any atom is 0.139 e. The summed E-state index contributed by atoms with van der Waals surface area (Å²) in [6.45, 7) is 3.02. The first-order valence-corrected chi connectivity index (χ1v) is 5.94. The van der Waals surface area contributed by atoms with Crippen LogP contribution in [0.25, 0.3) is 0 Å². The van der Waals surface area contributed by atoms with Crippen LogP contribution in [0.2, 0.25) is 0 Å². The fourth-order valence-corrected chi connectivity index (χ4v) is 1.58. The minimum absolute atomic E-state index is 0.287. The Kier molecular flexibility index (Phi) is 6.17. The summed E-state index contributed by atoms with van der Waals surface area (Å²) in [4.78, 5) is 0. The van der Waals surface area contributed by atoms with Crippen molar-refractivity contribution >= 4 is 5.84 Å². The SMILES string of the molecule is CC(CCc1ccco1)NCCCC(N)=NO. The van der Waals surface area contributed by atoms with Crippen molar-refractivity contribution in [1.29, 1.82) is 0 Å². The van der Waals surface area contributed by atoms with E-state index < -0.39 is 0 Å². The van der Waals surface area contributed by atoms with Crippen LogP contribution in [0.4, 0.5) is 0 Å². The third-order valence-electron chi connectivity index (χ3n) is 2.63. The Bertz CT molecular complexity index is 323. The van der Waals surface area contributed by atoms with Gasteiger partial charge in [0.1, 0.15) is 11.6 Å². The molecule has 96 valence electrons. The smallest absolute Gasteiger partial charge is 0.139 e. The molecule has 0 radical (unpaired) electrons. The third-order valence-corrected chi connectivity index (χ3v) is 2.63. The molecule has 0 saturated heterocycles. The van der Waals surface area contributed by atoms with Crippen LogP contribution in [0.1, 0.15) is 31.9 Å². The Balaban J connectivity index is 2.03. The van der Waals surface area contributed by atoms with Gasteiger partial charge < -0.3 is 20.7 Å². The normalized spacial score (nSPS) is 13.8. The van der Waals surface area contributed by atoms with Crippen LogP contribution in [0.3, 0.4) is 0 Å². The molecule has 0 spiro atoms. The Morgan fingerprint density at radius 2 is 2.47 bits per heavy atom. The molecule has 1 aromatic heterocycles. The lowest BCUT2D eigenvalue weighted by molar-refractivity contribution is 0.316. The zero-order chi connectivity index (χ0) is 12.5. The molecule has 17 heavy (non-hydrogen) atoms. The molecule has 0 aromatic carbocycles. The van der Waals surface area contributed by atoms with Crippen molar-refractivity contribution in [3.05, 3.63) is 24.2 Å². The molecule has 0 aliphatic heterocycles. The highest BCUT2D eigenvalue weighted by Gasteiger charge is 2.03. The molecule has 1 aromatic rings. The summed E-state index contributed by atoms with van der Waals surface area (Å²) in [5.41, 5.74) is 5.37. The minimum Gasteiger partial charge on any atom is -0.469 e. The first-order valence-electron chi connectivity index (χ1n) is 5.94. The predicted molar refractivity (Wildman–Crippen MR) is 67.1 cm³/mol. The van der Waals surface area contributed by atoms with Crippen LogP contribution in [-0.2, 0) is 6.42 Å². The van der Waals surface area contributed by atoms with Crippen molar-refractivity contribution in [2.24, 2.45) is 10.9 Å². The summed E-state index contributed by atoms with van der Waals surface area (Å²) in [7, 11) is 0. The Morgan fingerprint density at radius 1 is 1.65 bits per heavy atom. The molecule has 4 N–H and O–H groups in total. The van der Waals surface area contributed by atoms with Crippen molar-refractivity contribution in [2.45, 2.75) is 38.6 Å². The number of nitrogens with zero attached hydrogens (tertiary/aromatic N) is 1. The molecule has 0 saturated carbocycles. The Morgan fingerprint density at radius 3 is 3.12 bits per heavy atom. The average molecular weight is 239 g/mol. The number of hydrogen-bond acceptors (Lipinski definition) is 4. The number of nitrogens with one attached hydrogen (secondary N) is 1. The van der Waals surface area contributed by atoms with Crippen LogP contribution in [0.15, 0.2) is 28.0 Å². The van der Waals surface area contributed by atoms with E-state index in [0.717, 1.165) is 31.6 Å². The van der Waals surface area contributed by atoms with E-state index in [-0.39, 0.29) is 5.84 Å². The lowest BCUT2D eigenvalue weighted by Gasteiger charge is -2.12. The van der Waals surface area contributed by atoms with E-state index in [1.807, 2.05) is 12.1 Å². The zero-order valence-electron chi connectivity index (χ0n) is 10.2. The molecule has 0 aliphatic carbocycles. The van der Waals surface area contributed by atoms with E-state index in [1.165, 1.54) is 0 Å². The number of amidine groups is 1. The maximum atomic E-state index is 8.37. The Hall–Kier alpha value is -1.49. The number of hydrogen-bond donors (Lipinski definition) is 3. The van der Waals surface area contributed by atoms with Gasteiger partial charge >= 0.3 is 0 Å². The lowest BCUT2D eigenvalue weighted by atomic mass is 10.1. The van der Waals surface area contributed by atoms with Crippen molar-refractivity contribution in [3.63, 3.8) is 0 Å². The van der Waals surface area contributed by atoms with E-state index in [1.54, 1.807) is 6.26 Å². The Labute approximate surface area is 102 Å². The number of nitrogens with two attached hydrogens (primary N) is 1. The molecule has 1 unspecified atom stereocenters. The van der Waals surface area contributed by atoms with Gasteiger partial charge in [-0.1, -0.05) is 5.16 Å². The standard InChI is InChI=1S/C12H21N3O2/c1-10(6-7-11-4-3-9-17-11)14-8-2-5-12(13)15-16/h3-4,9-10,14,16H,2,5-8H2,1H3,(H2,13,15). The van der Waals surface area contributed by atoms with Gasteiger partial charge in [0.2, 0.25) is 0 Å². The number of rotatable bonds is 8. The molecule has 0 bridgehead atoms. The molecule has 5 heteroatoms. The highest BCUT2D eigenvalue weighted by Crippen LogP contribution is 2.05. The molecular formula is C12H21N3O2. The van der Waals surface area contributed by atoms with Gasteiger partial charge in [-0.25, -0.2) is 0 Å². The second-order valence-corrected chi connectivity index (χ2v) is 4.17. The molecule has 0 fully saturated rings. The van der Waals surface area contributed by atoms with Gasteiger partial charge in [-0.15, -0.1) is 0 Å². The fraction of sp³-hybridized carbons (Fsp3) is 0.583. The van der Waals surface area contributed by atoms with Crippen LogP contribution in [0.5, 0.6) is 0 Å². The highest BCUT2D eigenvalue weighted by molar-refractivity contribution is 5.79. The monoisotopic (exact) mass is 239 g/mol. The van der Waals surface area contributed by atoms with Crippen LogP contribution >= 0.6 is 0 Å². The predicted octanol–water partition coefficient (Wildman–Crippen LogP) is 1.72. The topological polar surface area (TPSA) is 83.8 Å². The molecule has 1 heterocycles. The van der Waals surface area contributed by atoms with E-state index in [2.05, 4.69) is 17.4 Å². The second kappa shape index (κ2) is 7.73. The maximum absolute atomic E-state index is 8.37. The van der Waals surface area contributed by atoms with Gasteiger partial charge in [-0.2, -0.15) is 0 Å². The first kappa shape index (κ1) is 13.6. The van der Waals surface area contributed by atoms with E-state index in [4.69, 9.17) is 15.4 Å². The van der Waals surface area contributed by atoms with Crippen LogP contribution in [0, 0.1) is 0 Å². The summed E-state index contributed by atoms with van der Waals surface area (Å²) < 4.78 is 5.27. The second-order valence-electron chi connectivity index (χ2n) is 4.17.